The monoisotopic (exact) mass is 228 g/mol. The van der Waals surface area contributed by atoms with Gasteiger partial charge < -0.3 is 9.84 Å². The van der Waals surface area contributed by atoms with Crippen LogP contribution in [0.5, 0.6) is 5.75 Å². The molecule has 0 saturated carbocycles. The van der Waals surface area contributed by atoms with Crippen molar-refractivity contribution in [2.24, 2.45) is 0 Å². The zero-order chi connectivity index (χ0) is 11.6. The normalized spacial score (nSPS) is 13.0. The van der Waals surface area contributed by atoms with Crippen molar-refractivity contribution in [3.05, 3.63) is 28.3 Å². The summed E-state index contributed by atoms with van der Waals surface area (Å²) < 4.78 is 5.18. The molecule has 15 heavy (non-hydrogen) atoms. The average Bonchev–Trinajstić information content (AvgIpc) is 2.17. The molecule has 0 aromatic heterocycles. The van der Waals surface area contributed by atoms with Crippen LogP contribution in [-0.2, 0) is 0 Å². The molecule has 1 aromatic carbocycles. The fourth-order valence-corrected chi connectivity index (χ4v) is 1.77. The number of halogens is 1. The molecule has 1 aromatic rings. The molecule has 0 aliphatic rings. The first-order chi connectivity index (χ1) is 6.97. The standard InChI is InChI=1S/C12H17ClO2/c1-7(2)9-5-10(8(3)14)12(13)11(6-9)15-4/h5-8,14H,1-4H3. The Labute approximate surface area is 95.8 Å². The zero-order valence-corrected chi connectivity index (χ0v) is 10.3. The molecule has 0 bridgehead atoms. The predicted octanol–water partition coefficient (Wildman–Crippen LogP) is 3.53. The molecule has 0 radical (unpaired) electrons. The Balaban J connectivity index is 3.32. The van der Waals surface area contributed by atoms with E-state index in [1.807, 2.05) is 12.1 Å². The van der Waals surface area contributed by atoms with Crippen LogP contribution < -0.4 is 4.74 Å². The molecule has 1 atom stereocenters. The molecular weight excluding hydrogens is 212 g/mol. The van der Waals surface area contributed by atoms with Gasteiger partial charge >= 0.3 is 0 Å². The number of rotatable bonds is 3. The molecule has 0 saturated heterocycles. The highest BCUT2D eigenvalue weighted by atomic mass is 35.5. The summed E-state index contributed by atoms with van der Waals surface area (Å²) in [5.41, 5.74) is 1.84. The third-order valence-corrected chi connectivity index (χ3v) is 2.83. The minimum absolute atomic E-state index is 0.383. The van der Waals surface area contributed by atoms with Crippen molar-refractivity contribution in [3.63, 3.8) is 0 Å². The zero-order valence-electron chi connectivity index (χ0n) is 9.54. The maximum absolute atomic E-state index is 9.59. The van der Waals surface area contributed by atoms with E-state index in [4.69, 9.17) is 16.3 Å². The number of methoxy groups -OCH3 is 1. The van der Waals surface area contributed by atoms with Crippen molar-refractivity contribution in [1.29, 1.82) is 0 Å². The molecule has 2 nitrogen and oxygen atoms in total. The highest BCUT2D eigenvalue weighted by Gasteiger charge is 2.14. The Bertz CT molecular complexity index is 346. The second kappa shape index (κ2) is 4.86. The minimum Gasteiger partial charge on any atom is -0.495 e. The maximum Gasteiger partial charge on any atom is 0.138 e. The molecule has 3 heteroatoms. The summed E-state index contributed by atoms with van der Waals surface area (Å²) in [6.45, 7) is 5.88. The fraction of sp³-hybridized carbons (Fsp3) is 0.500. The van der Waals surface area contributed by atoms with Crippen molar-refractivity contribution in [2.45, 2.75) is 32.8 Å². The van der Waals surface area contributed by atoms with E-state index < -0.39 is 6.10 Å². The largest absolute Gasteiger partial charge is 0.495 e. The van der Waals surface area contributed by atoms with E-state index in [1.165, 1.54) is 0 Å². The van der Waals surface area contributed by atoms with Gasteiger partial charge in [-0.15, -0.1) is 0 Å². The fourth-order valence-electron chi connectivity index (χ4n) is 1.43. The lowest BCUT2D eigenvalue weighted by atomic mass is 9.98. The molecule has 0 fully saturated rings. The van der Waals surface area contributed by atoms with Gasteiger partial charge in [0.25, 0.3) is 0 Å². The summed E-state index contributed by atoms with van der Waals surface area (Å²) in [5, 5.41) is 10.1. The molecule has 0 heterocycles. The lowest BCUT2D eigenvalue weighted by molar-refractivity contribution is 0.199. The topological polar surface area (TPSA) is 29.5 Å². The van der Waals surface area contributed by atoms with Crippen molar-refractivity contribution >= 4 is 11.6 Å². The Morgan fingerprint density at radius 2 is 1.87 bits per heavy atom. The van der Waals surface area contributed by atoms with Crippen molar-refractivity contribution in [3.8, 4) is 5.75 Å². The van der Waals surface area contributed by atoms with E-state index in [1.54, 1.807) is 14.0 Å². The van der Waals surface area contributed by atoms with E-state index in [0.29, 0.717) is 16.7 Å². The molecule has 0 aliphatic heterocycles. The van der Waals surface area contributed by atoms with Gasteiger partial charge in [-0.1, -0.05) is 31.5 Å². The van der Waals surface area contributed by atoms with Crippen LogP contribution in [0.4, 0.5) is 0 Å². The van der Waals surface area contributed by atoms with E-state index >= 15 is 0 Å². The number of benzene rings is 1. The van der Waals surface area contributed by atoms with Crippen LogP contribution in [0, 0.1) is 0 Å². The van der Waals surface area contributed by atoms with Crippen LogP contribution >= 0.6 is 11.6 Å². The van der Waals surface area contributed by atoms with E-state index in [0.717, 1.165) is 11.1 Å². The number of aliphatic hydroxyl groups excluding tert-OH is 1. The highest BCUT2D eigenvalue weighted by Crippen LogP contribution is 2.35. The van der Waals surface area contributed by atoms with Gasteiger partial charge in [0.1, 0.15) is 5.75 Å². The average molecular weight is 229 g/mol. The summed E-state index contributed by atoms with van der Waals surface area (Å²) >= 11 is 6.10. The Kier molecular flexibility index (Phi) is 4.00. The first-order valence-electron chi connectivity index (χ1n) is 5.02. The molecular formula is C12H17ClO2. The number of aliphatic hydroxyl groups is 1. The maximum atomic E-state index is 9.59. The lowest BCUT2D eigenvalue weighted by Crippen LogP contribution is -1.99. The highest BCUT2D eigenvalue weighted by molar-refractivity contribution is 6.32. The van der Waals surface area contributed by atoms with Gasteiger partial charge in [0.2, 0.25) is 0 Å². The van der Waals surface area contributed by atoms with E-state index in [9.17, 15) is 5.11 Å². The first-order valence-corrected chi connectivity index (χ1v) is 5.40. The van der Waals surface area contributed by atoms with Gasteiger partial charge in [0.15, 0.2) is 0 Å². The van der Waals surface area contributed by atoms with Crippen LogP contribution in [0.3, 0.4) is 0 Å². The summed E-state index contributed by atoms with van der Waals surface area (Å²) in [6.07, 6.45) is -0.579. The van der Waals surface area contributed by atoms with E-state index in [-0.39, 0.29) is 0 Å². The molecule has 84 valence electrons. The van der Waals surface area contributed by atoms with Gasteiger partial charge in [-0.25, -0.2) is 0 Å². The van der Waals surface area contributed by atoms with Crippen molar-refractivity contribution in [2.75, 3.05) is 7.11 Å². The SMILES string of the molecule is COc1cc(C(C)C)cc(C(C)O)c1Cl. The molecule has 0 amide bonds. The summed E-state index contributed by atoms with van der Waals surface area (Å²) in [5.74, 6) is 1.01. The number of hydrogen-bond acceptors (Lipinski definition) is 2. The second-order valence-electron chi connectivity index (χ2n) is 3.96. The molecule has 1 N–H and O–H groups in total. The molecule has 1 rings (SSSR count). The molecule has 0 aliphatic carbocycles. The summed E-state index contributed by atoms with van der Waals surface area (Å²) in [6, 6.07) is 3.85. The van der Waals surface area contributed by atoms with Crippen LogP contribution in [0.25, 0.3) is 0 Å². The molecule has 0 spiro atoms. The third-order valence-electron chi connectivity index (χ3n) is 2.43. The second-order valence-corrected chi connectivity index (χ2v) is 4.34. The van der Waals surface area contributed by atoms with Gasteiger partial charge in [-0.05, 0) is 24.5 Å². The van der Waals surface area contributed by atoms with Crippen LogP contribution in [-0.4, -0.2) is 12.2 Å². The lowest BCUT2D eigenvalue weighted by Gasteiger charge is -2.15. The van der Waals surface area contributed by atoms with Gasteiger partial charge in [-0.3, -0.25) is 0 Å². The third kappa shape index (κ3) is 2.64. The first kappa shape index (κ1) is 12.3. The Hall–Kier alpha value is -0.730. The van der Waals surface area contributed by atoms with Crippen molar-refractivity contribution in [1.82, 2.24) is 0 Å². The molecule has 1 unspecified atom stereocenters. The van der Waals surface area contributed by atoms with Crippen molar-refractivity contribution < 1.29 is 9.84 Å². The summed E-state index contributed by atoms with van der Waals surface area (Å²) in [4.78, 5) is 0. The van der Waals surface area contributed by atoms with Gasteiger partial charge in [0, 0.05) is 5.56 Å². The smallest absolute Gasteiger partial charge is 0.138 e. The minimum atomic E-state index is -0.579. The Morgan fingerprint density at radius 1 is 1.27 bits per heavy atom. The van der Waals surface area contributed by atoms with Crippen LogP contribution in [0.1, 0.15) is 43.9 Å². The van der Waals surface area contributed by atoms with Crippen LogP contribution in [0.15, 0.2) is 12.1 Å². The Morgan fingerprint density at radius 3 is 2.27 bits per heavy atom. The van der Waals surface area contributed by atoms with E-state index in [2.05, 4.69) is 13.8 Å². The van der Waals surface area contributed by atoms with Gasteiger partial charge in [0.05, 0.1) is 18.2 Å². The summed E-state index contributed by atoms with van der Waals surface area (Å²) in [7, 11) is 1.58. The number of hydrogen-bond donors (Lipinski definition) is 1. The number of ether oxygens (including phenoxy) is 1. The van der Waals surface area contributed by atoms with Gasteiger partial charge in [-0.2, -0.15) is 0 Å². The quantitative estimate of drug-likeness (QED) is 0.858. The van der Waals surface area contributed by atoms with Crippen LogP contribution in [0.2, 0.25) is 5.02 Å². The predicted molar refractivity (Wildman–Crippen MR) is 62.7 cm³/mol.